The average molecular weight is 399 g/mol. The van der Waals surface area contributed by atoms with E-state index in [2.05, 4.69) is 5.32 Å². The van der Waals surface area contributed by atoms with Crippen molar-refractivity contribution in [2.45, 2.75) is 13.2 Å². The van der Waals surface area contributed by atoms with Crippen LogP contribution in [0.15, 0.2) is 103 Å². The van der Waals surface area contributed by atoms with E-state index in [0.717, 1.165) is 34.1 Å². The van der Waals surface area contributed by atoms with Gasteiger partial charge in [-0.1, -0.05) is 48.5 Å². The maximum atomic E-state index is 13.1. The van der Waals surface area contributed by atoms with E-state index in [-0.39, 0.29) is 5.82 Å². The highest BCUT2D eigenvalue weighted by Gasteiger charge is 2.05. The van der Waals surface area contributed by atoms with Crippen LogP contribution in [0.4, 0.5) is 10.1 Å². The molecule has 0 heterocycles. The summed E-state index contributed by atoms with van der Waals surface area (Å²) in [5, 5.41) is 3.41. The summed E-state index contributed by atoms with van der Waals surface area (Å²) in [5.74, 6) is 2.15. The van der Waals surface area contributed by atoms with Crippen LogP contribution in [-0.4, -0.2) is 0 Å². The highest BCUT2D eigenvalue weighted by atomic mass is 19.1. The van der Waals surface area contributed by atoms with Crippen molar-refractivity contribution < 1.29 is 13.9 Å². The first-order chi connectivity index (χ1) is 14.8. The molecule has 4 rings (SSSR count). The summed E-state index contributed by atoms with van der Waals surface area (Å²) in [5.41, 5.74) is 2.96. The van der Waals surface area contributed by atoms with Gasteiger partial charge in [-0.25, -0.2) is 4.39 Å². The van der Waals surface area contributed by atoms with Gasteiger partial charge in [0.2, 0.25) is 0 Å². The molecule has 0 amide bonds. The van der Waals surface area contributed by atoms with Gasteiger partial charge in [-0.15, -0.1) is 0 Å². The Morgan fingerprint density at radius 2 is 1.33 bits per heavy atom. The normalized spacial score (nSPS) is 10.4. The number of anilines is 1. The number of ether oxygens (including phenoxy) is 2. The quantitative estimate of drug-likeness (QED) is 0.353. The SMILES string of the molecule is Fc1ccc(COc2ccccc2CNc2ccc(Oc3ccccc3)cc2)cc1. The molecule has 3 nitrogen and oxygen atoms in total. The molecule has 0 bridgehead atoms. The third-order valence-electron chi connectivity index (χ3n) is 4.60. The van der Waals surface area contributed by atoms with Crippen molar-refractivity contribution in [1.29, 1.82) is 0 Å². The van der Waals surface area contributed by atoms with E-state index >= 15 is 0 Å². The molecule has 0 aromatic heterocycles. The molecule has 0 aliphatic carbocycles. The van der Waals surface area contributed by atoms with E-state index in [1.165, 1.54) is 12.1 Å². The zero-order valence-corrected chi connectivity index (χ0v) is 16.4. The second-order valence-electron chi connectivity index (χ2n) is 6.82. The number of benzene rings is 4. The first-order valence-electron chi connectivity index (χ1n) is 9.78. The molecule has 0 saturated carbocycles. The molecule has 4 aromatic rings. The molecular formula is C26H22FNO2. The zero-order chi connectivity index (χ0) is 20.6. The van der Waals surface area contributed by atoms with Gasteiger partial charge >= 0.3 is 0 Å². The number of halogens is 1. The predicted octanol–water partition coefficient (Wildman–Crippen LogP) is 6.81. The molecule has 1 N–H and O–H groups in total. The Hall–Kier alpha value is -3.79. The summed E-state index contributed by atoms with van der Waals surface area (Å²) in [6.45, 7) is 1.02. The summed E-state index contributed by atoms with van der Waals surface area (Å²) >= 11 is 0. The average Bonchev–Trinajstić information content (AvgIpc) is 2.79. The Kier molecular flexibility index (Phi) is 6.25. The van der Waals surface area contributed by atoms with E-state index in [0.29, 0.717) is 13.2 Å². The topological polar surface area (TPSA) is 30.5 Å². The van der Waals surface area contributed by atoms with E-state index in [4.69, 9.17) is 9.47 Å². The van der Waals surface area contributed by atoms with Gasteiger partial charge in [0.25, 0.3) is 0 Å². The van der Waals surface area contributed by atoms with E-state index < -0.39 is 0 Å². The van der Waals surface area contributed by atoms with Gasteiger partial charge in [-0.05, 0) is 60.2 Å². The van der Waals surface area contributed by atoms with Gasteiger partial charge in [0.05, 0.1) is 0 Å². The molecule has 0 aliphatic heterocycles. The number of hydrogen-bond acceptors (Lipinski definition) is 3. The largest absolute Gasteiger partial charge is 0.489 e. The van der Waals surface area contributed by atoms with Crippen molar-refractivity contribution in [3.8, 4) is 17.2 Å². The van der Waals surface area contributed by atoms with Gasteiger partial charge < -0.3 is 14.8 Å². The highest BCUT2D eigenvalue weighted by molar-refractivity contribution is 5.48. The second-order valence-corrected chi connectivity index (χ2v) is 6.82. The number of hydrogen-bond donors (Lipinski definition) is 1. The van der Waals surface area contributed by atoms with Gasteiger partial charge in [-0.2, -0.15) is 0 Å². The van der Waals surface area contributed by atoms with Crippen LogP contribution in [0.1, 0.15) is 11.1 Å². The van der Waals surface area contributed by atoms with Crippen molar-refractivity contribution >= 4 is 5.69 Å². The lowest BCUT2D eigenvalue weighted by atomic mass is 10.2. The molecule has 0 saturated heterocycles. The molecule has 0 spiro atoms. The summed E-state index contributed by atoms with van der Waals surface area (Å²) < 4.78 is 24.8. The van der Waals surface area contributed by atoms with Crippen LogP contribution in [0.25, 0.3) is 0 Å². The molecule has 0 atom stereocenters. The Labute approximate surface area is 175 Å². The van der Waals surface area contributed by atoms with Crippen LogP contribution in [-0.2, 0) is 13.2 Å². The van der Waals surface area contributed by atoms with Crippen LogP contribution < -0.4 is 14.8 Å². The van der Waals surface area contributed by atoms with Crippen LogP contribution >= 0.6 is 0 Å². The van der Waals surface area contributed by atoms with E-state index in [1.807, 2.05) is 78.9 Å². The predicted molar refractivity (Wildman–Crippen MR) is 117 cm³/mol. The Morgan fingerprint density at radius 3 is 2.10 bits per heavy atom. The summed E-state index contributed by atoms with van der Waals surface area (Å²) in [6, 6.07) is 31.8. The fraction of sp³-hybridized carbons (Fsp3) is 0.0769. The Morgan fingerprint density at radius 1 is 0.667 bits per heavy atom. The van der Waals surface area contributed by atoms with Crippen LogP contribution in [0.3, 0.4) is 0 Å². The van der Waals surface area contributed by atoms with Gasteiger partial charge in [-0.3, -0.25) is 0 Å². The summed E-state index contributed by atoms with van der Waals surface area (Å²) in [4.78, 5) is 0. The van der Waals surface area contributed by atoms with Crippen molar-refractivity contribution in [2.24, 2.45) is 0 Å². The van der Waals surface area contributed by atoms with E-state index in [9.17, 15) is 4.39 Å². The molecule has 4 aromatic carbocycles. The lowest BCUT2D eigenvalue weighted by Crippen LogP contribution is -2.03. The van der Waals surface area contributed by atoms with Crippen molar-refractivity contribution in [2.75, 3.05) is 5.32 Å². The minimum Gasteiger partial charge on any atom is -0.489 e. The minimum absolute atomic E-state index is 0.247. The Balaban J connectivity index is 1.35. The van der Waals surface area contributed by atoms with Crippen LogP contribution in [0.5, 0.6) is 17.2 Å². The van der Waals surface area contributed by atoms with Gasteiger partial charge in [0, 0.05) is 17.8 Å². The van der Waals surface area contributed by atoms with Crippen molar-refractivity contribution in [3.05, 3.63) is 120 Å². The molecule has 4 heteroatoms. The second kappa shape index (κ2) is 9.61. The van der Waals surface area contributed by atoms with Crippen LogP contribution in [0.2, 0.25) is 0 Å². The standard InChI is InChI=1S/C26H22FNO2/c27-22-12-10-20(11-13-22)19-29-26-9-5-4-6-21(26)18-28-23-14-16-25(17-15-23)30-24-7-2-1-3-8-24/h1-17,28H,18-19H2. The molecular weight excluding hydrogens is 377 g/mol. The fourth-order valence-electron chi connectivity index (χ4n) is 3.00. The van der Waals surface area contributed by atoms with Gasteiger partial charge in [0.1, 0.15) is 29.7 Å². The van der Waals surface area contributed by atoms with Crippen LogP contribution in [0, 0.1) is 5.82 Å². The number of para-hydroxylation sites is 2. The molecule has 0 radical (unpaired) electrons. The molecule has 30 heavy (non-hydrogen) atoms. The first-order valence-corrected chi connectivity index (χ1v) is 9.78. The Bertz CT molecular complexity index is 1060. The fourth-order valence-corrected chi connectivity index (χ4v) is 3.00. The summed E-state index contributed by atoms with van der Waals surface area (Å²) in [6.07, 6.45) is 0. The van der Waals surface area contributed by atoms with E-state index in [1.54, 1.807) is 12.1 Å². The zero-order valence-electron chi connectivity index (χ0n) is 16.4. The van der Waals surface area contributed by atoms with Gasteiger partial charge in [0.15, 0.2) is 0 Å². The van der Waals surface area contributed by atoms with Crippen molar-refractivity contribution in [1.82, 2.24) is 0 Å². The first kappa shape index (κ1) is 19.5. The minimum atomic E-state index is -0.247. The smallest absolute Gasteiger partial charge is 0.127 e. The monoisotopic (exact) mass is 399 g/mol. The molecule has 0 aliphatic rings. The third kappa shape index (κ3) is 5.39. The third-order valence-corrected chi connectivity index (χ3v) is 4.60. The number of rotatable bonds is 8. The molecule has 0 fully saturated rings. The maximum Gasteiger partial charge on any atom is 0.127 e. The number of nitrogens with one attached hydrogen (secondary N) is 1. The molecule has 150 valence electrons. The lowest BCUT2D eigenvalue weighted by molar-refractivity contribution is 0.303. The lowest BCUT2D eigenvalue weighted by Gasteiger charge is -2.13. The highest BCUT2D eigenvalue weighted by Crippen LogP contribution is 2.24. The molecule has 0 unspecified atom stereocenters. The van der Waals surface area contributed by atoms with Crippen molar-refractivity contribution in [3.63, 3.8) is 0 Å². The maximum absolute atomic E-state index is 13.1. The summed E-state index contributed by atoms with van der Waals surface area (Å²) in [7, 11) is 0.